The van der Waals surface area contributed by atoms with E-state index >= 15 is 0 Å². The van der Waals surface area contributed by atoms with Gasteiger partial charge >= 0.3 is 0 Å². The Morgan fingerprint density at radius 1 is 0.767 bits per heavy atom. The van der Waals surface area contributed by atoms with E-state index in [2.05, 4.69) is 73.4 Å². The summed E-state index contributed by atoms with van der Waals surface area (Å²) in [6.07, 6.45) is 16.2. The lowest BCUT2D eigenvalue weighted by atomic mass is 9.70. The van der Waals surface area contributed by atoms with Crippen LogP contribution in [0.2, 0.25) is 0 Å². The number of nitrogens with zero attached hydrogens (tertiary/aromatic N) is 4. The standard InChI is InChI=1S/C36H67N7/c1-25(2)31-21-39-34(37)41(31)23-30-14-11-19-40(30)33(20-27-12-9-8-10-13-27)43-24-32(26(3)4)42(35(43)38)22-28-15-17-29(18-16-28)36(5,6)7/h25-33,38H,8-24H2,1-7H3,(H2,37,39)/t28?,29?,30-,31-,32-,33+/m0/s1. The van der Waals surface area contributed by atoms with E-state index in [1.165, 1.54) is 77.0 Å². The minimum atomic E-state index is 0.313. The summed E-state index contributed by atoms with van der Waals surface area (Å²) in [5, 5.41) is 21.8. The van der Waals surface area contributed by atoms with Gasteiger partial charge < -0.3 is 20.0 Å². The van der Waals surface area contributed by atoms with Crippen molar-refractivity contribution in [2.75, 3.05) is 32.7 Å². The second-order valence-electron chi connectivity index (χ2n) is 17.0. The fraction of sp³-hybridized carbons (Fsp3) is 0.944. The molecule has 43 heavy (non-hydrogen) atoms. The third kappa shape index (κ3) is 7.49. The van der Waals surface area contributed by atoms with Gasteiger partial charge in [-0.05, 0) is 80.0 Å². The maximum Gasteiger partial charge on any atom is 0.195 e. The topological polar surface area (TPSA) is 72.7 Å². The Morgan fingerprint density at radius 2 is 1.44 bits per heavy atom. The molecule has 0 aromatic heterocycles. The van der Waals surface area contributed by atoms with Gasteiger partial charge in [0.25, 0.3) is 0 Å². The van der Waals surface area contributed by atoms with E-state index < -0.39 is 0 Å². The lowest BCUT2D eigenvalue weighted by Gasteiger charge is -2.43. The first-order valence-corrected chi connectivity index (χ1v) is 18.4. The Morgan fingerprint density at radius 3 is 2.07 bits per heavy atom. The van der Waals surface area contributed by atoms with Gasteiger partial charge in [0.15, 0.2) is 11.9 Å². The molecule has 3 N–H and O–H groups in total. The maximum absolute atomic E-state index is 9.74. The number of nitrogens with one attached hydrogen (secondary N) is 3. The van der Waals surface area contributed by atoms with Crippen LogP contribution in [0.5, 0.6) is 0 Å². The van der Waals surface area contributed by atoms with E-state index in [-0.39, 0.29) is 0 Å². The van der Waals surface area contributed by atoms with Crippen LogP contribution in [0.1, 0.15) is 126 Å². The third-order valence-electron chi connectivity index (χ3n) is 12.4. The van der Waals surface area contributed by atoms with Gasteiger partial charge in [0.1, 0.15) is 0 Å². The summed E-state index contributed by atoms with van der Waals surface area (Å²) in [5.74, 6) is 4.86. The summed E-state index contributed by atoms with van der Waals surface area (Å²) in [6, 6.07) is 1.30. The number of likely N-dealkylation sites (tertiary alicyclic amines) is 1. The second kappa shape index (κ2) is 13.9. The van der Waals surface area contributed by atoms with Gasteiger partial charge in [0, 0.05) is 38.8 Å². The predicted molar refractivity (Wildman–Crippen MR) is 180 cm³/mol. The Hall–Kier alpha value is -1.50. The van der Waals surface area contributed by atoms with Crippen molar-refractivity contribution >= 4 is 11.9 Å². The molecule has 7 heteroatoms. The molecule has 0 unspecified atom stereocenters. The van der Waals surface area contributed by atoms with E-state index in [0.29, 0.717) is 47.5 Å². The zero-order valence-electron chi connectivity index (χ0n) is 29.0. The zero-order valence-corrected chi connectivity index (χ0v) is 29.0. The normalized spacial score (nSPS) is 32.5. The van der Waals surface area contributed by atoms with Crippen LogP contribution in [0.3, 0.4) is 0 Å². The van der Waals surface area contributed by atoms with Gasteiger partial charge in [0.05, 0.1) is 18.2 Å². The molecular formula is C36H67N7. The van der Waals surface area contributed by atoms with Crippen molar-refractivity contribution in [3.63, 3.8) is 0 Å². The van der Waals surface area contributed by atoms with Crippen molar-refractivity contribution in [2.45, 2.75) is 150 Å². The van der Waals surface area contributed by atoms with Gasteiger partial charge in [-0.3, -0.25) is 15.7 Å². The molecule has 0 aromatic carbocycles. The molecule has 4 atom stereocenters. The summed E-state index contributed by atoms with van der Waals surface area (Å²) in [5.41, 5.74) is 0.417. The highest BCUT2D eigenvalue weighted by atomic mass is 15.5. The van der Waals surface area contributed by atoms with Gasteiger partial charge in [-0.25, -0.2) is 0 Å². The van der Waals surface area contributed by atoms with Crippen LogP contribution in [0.25, 0.3) is 0 Å². The zero-order chi connectivity index (χ0) is 30.9. The fourth-order valence-electron chi connectivity index (χ4n) is 9.49. The molecular weight excluding hydrogens is 530 g/mol. The molecule has 0 aromatic rings. The molecule has 3 heterocycles. The Labute approximate surface area is 264 Å². The molecule has 5 rings (SSSR count). The van der Waals surface area contributed by atoms with Crippen LogP contribution in [0, 0.1) is 45.8 Å². The van der Waals surface area contributed by atoms with E-state index in [9.17, 15) is 5.41 Å². The molecule has 3 aliphatic heterocycles. The van der Waals surface area contributed by atoms with Gasteiger partial charge in [-0.15, -0.1) is 0 Å². The predicted octanol–water partition coefficient (Wildman–Crippen LogP) is 7.04. The molecule has 0 spiro atoms. The van der Waals surface area contributed by atoms with Crippen molar-refractivity contribution in [1.29, 1.82) is 10.8 Å². The average molecular weight is 598 g/mol. The van der Waals surface area contributed by atoms with Gasteiger partial charge in [-0.2, -0.15) is 0 Å². The van der Waals surface area contributed by atoms with Crippen molar-refractivity contribution in [3.8, 4) is 0 Å². The number of hydrogen-bond acceptors (Lipinski definition) is 3. The van der Waals surface area contributed by atoms with Crippen LogP contribution < -0.4 is 5.32 Å². The quantitative estimate of drug-likeness (QED) is 0.252. The summed E-state index contributed by atoms with van der Waals surface area (Å²) >= 11 is 0. The van der Waals surface area contributed by atoms with Gasteiger partial charge in [0.2, 0.25) is 0 Å². The lowest BCUT2D eigenvalue weighted by Crippen LogP contribution is -2.56. The molecule has 5 fully saturated rings. The molecule has 0 bridgehead atoms. The van der Waals surface area contributed by atoms with Crippen LogP contribution in [-0.2, 0) is 0 Å². The third-order valence-corrected chi connectivity index (χ3v) is 12.4. The summed E-state index contributed by atoms with van der Waals surface area (Å²) in [4.78, 5) is 10.3. The summed E-state index contributed by atoms with van der Waals surface area (Å²) in [6.45, 7) is 21.7. The maximum atomic E-state index is 9.74. The molecule has 0 radical (unpaired) electrons. The summed E-state index contributed by atoms with van der Waals surface area (Å²) in [7, 11) is 0. The van der Waals surface area contributed by atoms with Gasteiger partial charge in [-0.1, -0.05) is 80.6 Å². The van der Waals surface area contributed by atoms with Crippen LogP contribution in [0.4, 0.5) is 0 Å². The van der Waals surface area contributed by atoms with E-state index in [0.717, 1.165) is 56.4 Å². The lowest BCUT2D eigenvalue weighted by molar-refractivity contribution is 0.0451. The molecule has 5 aliphatic rings. The smallest absolute Gasteiger partial charge is 0.195 e. The highest BCUT2D eigenvalue weighted by Crippen LogP contribution is 2.41. The van der Waals surface area contributed by atoms with E-state index in [1.54, 1.807) is 0 Å². The van der Waals surface area contributed by atoms with E-state index in [4.69, 9.17) is 5.41 Å². The second-order valence-corrected chi connectivity index (χ2v) is 17.0. The largest absolute Gasteiger partial charge is 0.354 e. The van der Waals surface area contributed by atoms with E-state index in [1.807, 2.05) is 0 Å². The highest BCUT2D eigenvalue weighted by Gasteiger charge is 2.46. The number of guanidine groups is 2. The molecule has 7 nitrogen and oxygen atoms in total. The minimum Gasteiger partial charge on any atom is -0.354 e. The van der Waals surface area contributed by atoms with Crippen LogP contribution in [0.15, 0.2) is 0 Å². The van der Waals surface area contributed by atoms with Crippen molar-refractivity contribution in [1.82, 2.24) is 24.9 Å². The van der Waals surface area contributed by atoms with Crippen LogP contribution in [-0.4, -0.2) is 88.5 Å². The molecule has 246 valence electrons. The van der Waals surface area contributed by atoms with Crippen molar-refractivity contribution in [3.05, 3.63) is 0 Å². The Bertz CT molecular complexity index is 926. The SMILES string of the molecule is CC(C)[C@@H]1CNC(=N)N1C[C@@H]1CCCN1[C@@H](CC1CCCCC1)N1C[C@@H](C(C)C)N(CC2CCC(C(C)(C)C)CC2)C1=N. The molecule has 3 saturated heterocycles. The Kier molecular flexibility index (Phi) is 10.6. The highest BCUT2D eigenvalue weighted by molar-refractivity contribution is 5.80. The van der Waals surface area contributed by atoms with Crippen molar-refractivity contribution in [2.24, 2.45) is 35.0 Å². The number of hydrogen-bond donors (Lipinski definition) is 3. The minimum absolute atomic E-state index is 0.313. The van der Waals surface area contributed by atoms with Crippen LogP contribution >= 0.6 is 0 Å². The Balaban J connectivity index is 1.34. The van der Waals surface area contributed by atoms with Crippen molar-refractivity contribution < 1.29 is 0 Å². The monoisotopic (exact) mass is 598 g/mol. The first-order valence-electron chi connectivity index (χ1n) is 18.4. The first-order chi connectivity index (χ1) is 20.4. The molecule has 2 aliphatic carbocycles. The molecule has 0 amide bonds. The average Bonchev–Trinajstić information content (AvgIpc) is 3.66. The fourth-order valence-corrected chi connectivity index (χ4v) is 9.49. The first kappa shape index (κ1) is 32.9. The summed E-state index contributed by atoms with van der Waals surface area (Å²) < 4.78 is 0. The number of rotatable bonds is 10. The molecule has 2 saturated carbocycles.